The molecule has 0 aliphatic rings. The number of rotatable bonds is 6. The SMILES string of the molecule is CCCCOc1cc(O)cc(C(=O)NCC)c1. The van der Waals surface area contributed by atoms with Gasteiger partial charge in [0, 0.05) is 18.2 Å². The van der Waals surface area contributed by atoms with Crippen LogP contribution in [0.15, 0.2) is 18.2 Å². The summed E-state index contributed by atoms with van der Waals surface area (Å²) in [6, 6.07) is 4.58. The Morgan fingerprint density at radius 3 is 2.76 bits per heavy atom. The Morgan fingerprint density at radius 1 is 1.35 bits per heavy atom. The fourth-order valence-electron chi connectivity index (χ4n) is 1.39. The Kier molecular flexibility index (Phi) is 5.33. The van der Waals surface area contributed by atoms with E-state index in [1.54, 1.807) is 6.07 Å². The van der Waals surface area contributed by atoms with Crippen LogP contribution in [0.25, 0.3) is 0 Å². The first-order chi connectivity index (χ1) is 8.17. The van der Waals surface area contributed by atoms with Crippen LogP contribution < -0.4 is 10.1 Å². The van der Waals surface area contributed by atoms with E-state index in [-0.39, 0.29) is 11.7 Å². The van der Waals surface area contributed by atoms with Crippen LogP contribution in [0.5, 0.6) is 11.5 Å². The molecule has 17 heavy (non-hydrogen) atoms. The van der Waals surface area contributed by atoms with Crippen LogP contribution in [0.3, 0.4) is 0 Å². The van der Waals surface area contributed by atoms with Crippen molar-refractivity contribution in [1.29, 1.82) is 0 Å². The smallest absolute Gasteiger partial charge is 0.251 e. The Bertz CT molecular complexity index is 377. The van der Waals surface area contributed by atoms with Gasteiger partial charge in [0.2, 0.25) is 0 Å². The number of unbranched alkanes of at least 4 members (excludes halogenated alkanes) is 1. The number of ether oxygens (including phenoxy) is 1. The van der Waals surface area contributed by atoms with E-state index in [0.29, 0.717) is 24.5 Å². The minimum atomic E-state index is -0.205. The van der Waals surface area contributed by atoms with E-state index in [0.717, 1.165) is 12.8 Å². The van der Waals surface area contributed by atoms with Gasteiger partial charge in [0.05, 0.1) is 6.61 Å². The summed E-state index contributed by atoms with van der Waals surface area (Å²) in [6.07, 6.45) is 1.99. The van der Waals surface area contributed by atoms with Crippen LogP contribution >= 0.6 is 0 Å². The molecule has 0 atom stereocenters. The van der Waals surface area contributed by atoms with E-state index in [4.69, 9.17) is 4.74 Å². The lowest BCUT2D eigenvalue weighted by molar-refractivity contribution is 0.0955. The second-order valence-corrected chi connectivity index (χ2v) is 3.78. The van der Waals surface area contributed by atoms with E-state index in [1.807, 2.05) is 6.92 Å². The molecule has 1 aromatic carbocycles. The average Bonchev–Trinajstić information content (AvgIpc) is 2.29. The van der Waals surface area contributed by atoms with Gasteiger partial charge < -0.3 is 15.2 Å². The summed E-state index contributed by atoms with van der Waals surface area (Å²) in [5.41, 5.74) is 0.415. The van der Waals surface area contributed by atoms with E-state index < -0.39 is 0 Å². The summed E-state index contributed by atoms with van der Waals surface area (Å²) in [6.45, 7) is 5.07. The molecule has 2 N–H and O–H groups in total. The van der Waals surface area contributed by atoms with Gasteiger partial charge in [-0.1, -0.05) is 13.3 Å². The fraction of sp³-hybridized carbons (Fsp3) is 0.462. The highest BCUT2D eigenvalue weighted by Crippen LogP contribution is 2.22. The van der Waals surface area contributed by atoms with Crippen molar-refractivity contribution < 1.29 is 14.6 Å². The Balaban J connectivity index is 2.75. The third kappa shape index (κ3) is 4.34. The zero-order valence-corrected chi connectivity index (χ0v) is 10.3. The maximum absolute atomic E-state index is 11.6. The maximum atomic E-state index is 11.6. The fourth-order valence-corrected chi connectivity index (χ4v) is 1.39. The van der Waals surface area contributed by atoms with Crippen molar-refractivity contribution in [2.45, 2.75) is 26.7 Å². The molecule has 0 aliphatic heterocycles. The lowest BCUT2D eigenvalue weighted by atomic mass is 10.2. The number of nitrogens with one attached hydrogen (secondary N) is 1. The van der Waals surface area contributed by atoms with Crippen molar-refractivity contribution in [3.63, 3.8) is 0 Å². The maximum Gasteiger partial charge on any atom is 0.251 e. The van der Waals surface area contributed by atoms with Crippen molar-refractivity contribution in [3.8, 4) is 11.5 Å². The first-order valence-corrected chi connectivity index (χ1v) is 5.92. The third-order valence-corrected chi connectivity index (χ3v) is 2.26. The highest BCUT2D eigenvalue weighted by atomic mass is 16.5. The normalized spacial score (nSPS) is 10.0. The summed E-state index contributed by atoms with van der Waals surface area (Å²) >= 11 is 0. The molecule has 4 nitrogen and oxygen atoms in total. The largest absolute Gasteiger partial charge is 0.508 e. The van der Waals surface area contributed by atoms with Gasteiger partial charge in [-0.2, -0.15) is 0 Å². The molecule has 1 rings (SSSR count). The van der Waals surface area contributed by atoms with Gasteiger partial charge >= 0.3 is 0 Å². The minimum absolute atomic E-state index is 0.0419. The number of aromatic hydroxyl groups is 1. The van der Waals surface area contributed by atoms with Crippen LogP contribution in [0, 0.1) is 0 Å². The van der Waals surface area contributed by atoms with Gasteiger partial charge in [-0.15, -0.1) is 0 Å². The third-order valence-electron chi connectivity index (χ3n) is 2.26. The lowest BCUT2D eigenvalue weighted by Gasteiger charge is -2.08. The predicted molar refractivity (Wildman–Crippen MR) is 66.5 cm³/mol. The number of phenolic OH excluding ortho intramolecular Hbond substituents is 1. The molecule has 0 radical (unpaired) electrons. The zero-order valence-electron chi connectivity index (χ0n) is 10.3. The van der Waals surface area contributed by atoms with Gasteiger partial charge in [0.15, 0.2) is 0 Å². The van der Waals surface area contributed by atoms with Crippen LogP contribution in [-0.2, 0) is 0 Å². The molecule has 0 saturated heterocycles. The highest BCUT2D eigenvalue weighted by Gasteiger charge is 2.08. The summed E-state index contributed by atoms with van der Waals surface area (Å²) in [7, 11) is 0. The van der Waals surface area contributed by atoms with Crippen LogP contribution in [0.4, 0.5) is 0 Å². The molecule has 0 unspecified atom stereocenters. The number of hydrogen-bond donors (Lipinski definition) is 2. The minimum Gasteiger partial charge on any atom is -0.508 e. The molecule has 4 heteroatoms. The summed E-state index contributed by atoms with van der Waals surface area (Å²) < 4.78 is 5.46. The number of benzene rings is 1. The lowest BCUT2D eigenvalue weighted by Crippen LogP contribution is -2.22. The van der Waals surface area contributed by atoms with E-state index in [2.05, 4.69) is 12.2 Å². The standard InChI is InChI=1S/C13H19NO3/c1-3-5-6-17-12-8-10(7-11(15)9-12)13(16)14-4-2/h7-9,15H,3-6H2,1-2H3,(H,14,16). The molecule has 0 aromatic heterocycles. The van der Waals surface area contributed by atoms with Gasteiger partial charge in [0.25, 0.3) is 5.91 Å². The summed E-state index contributed by atoms with van der Waals surface area (Å²) in [5, 5.41) is 12.2. The number of amides is 1. The van der Waals surface area contributed by atoms with Crippen molar-refractivity contribution in [2.24, 2.45) is 0 Å². The molecule has 0 spiro atoms. The molecular weight excluding hydrogens is 218 g/mol. The van der Waals surface area contributed by atoms with E-state index in [9.17, 15) is 9.90 Å². The Morgan fingerprint density at radius 2 is 2.12 bits per heavy atom. The number of carbonyl (C=O) groups is 1. The first kappa shape index (κ1) is 13.4. The van der Waals surface area contributed by atoms with Gasteiger partial charge in [-0.05, 0) is 25.5 Å². The van der Waals surface area contributed by atoms with Gasteiger partial charge in [-0.25, -0.2) is 0 Å². The van der Waals surface area contributed by atoms with Crippen molar-refractivity contribution in [3.05, 3.63) is 23.8 Å². The molecular formula is C13H19NO3. The second kappa shape index (κ2) is 6.78. The monoisotopic (exact) mass is 237 g/mol. The molecule has 0 heterocycles. The topological polar surface area (TPSA) is 58.6 Å². The van der Waals surface area contributed by atoms with Crippen molar-refractivity contribution >= 4 is 5.91 Å². The Labute approximate surface area is 102 Å². The molecule has 94 valence electrons. The second-order valence-electron chi connectivity index (χ2n) is 3.78. The molecule has 0 fully saturated rings. The summed E-state index contributed by atoms with van der Waals surface area (Å²) in [5.74, 6) is 0.365. The molecule has 0 saturated carbocycles. The number of phenols is 1. The first-order valence-electron chi connectivity index (χ1n) is 5.92. The Hall–Kier alpha value is -1.71. The van der Waals surface area contributed by atoms with E-state index >= 15 is 0 Å². The number of hydrogen-bond acceptors (Lipinski definition) is 3. The van der Waals surface area contributed by atoms with Gasteiger partial charge in [-0.3, -0.25) is 4.79 Å². The number of carbonyl (C=O) groups excluding carboxylic acids is 1. The molecule has 1 amide bonds. The van der Waals surface area contributed by atoms with Gasteiger partial charge in [0.1, 0.15) is 11.5 Å². The molecule has 0 aliphatic carbocycles. The van der Waals surface area contributed by atoms with Crippen LogP contribution in [-0.4, -0.2) is 24.2 Å². The average molecular weight is 237 g/mol. The molecule has 0 bridgehead atoms. The highest BCUT2D eigenvalue weighted by molar-refractivity contribution is 5.95. The van der Waals surface area contributed by atoms with Crippen LogP contribution in [0.2, 0.25) is 0 Å². The summed E-state index contributed by atoms with van der Waals surface area (Å²) in [4.78, 5) is 11.6. The quantitative estimate of drug-likeness (QED) is 0.746. The van der Waals surface area contributed by atoms with Crippen LogP contribution in [0.1, 0.15) is 37.0 Å². The van der Waals surface area contributed by atoms with Crippen molar-refractivity contribution in [1.82, 2.24) is 5.32 Å². The molecule has 1 aromatic rings. The van der Waals surface area contributed by atoms with E-state index in [1.165, 1.54) is 12.1 Å². The van der Waals surface area contributed by atoms with Crippen molar-refractivity contribution in [2.75, 3.05) is 13.2 Å². The predicted octanol–water partition coefficient (Wildman–Crippen LogP) is 2.32. The zero-order chi connectivity index (χ0) is 12.7.